The number of nitrogens with two attached hydrogens (primary N) is 1. The zero-order valence-electron chi connectivity index (χ0n) is 32.5. The summed E-state index contributed by atoms with van der Waals surface area (Å²) >= 11 is 0. The maximum atomic E-state index is 11.9. The van der Waals surface area contributed by atoms with E-state index in [1.165, 1.54) is 0 Å². The van der Waals surface area contributed by atoms with Gasteiger partial charge in [0.25, 0.3) is 0 Å². The molecule has 0 atom stereocenters. The Morgan fingerprint density at radius 3 is 1.41 bits per heavy atom. The SMILES string of the molecule is CC1(C)C(=O)Nc2cc(-c3ccc(N)nc3)ccc21.CC1(C)C(=O)Nc2cc(-c3ccnnc3)ccc21.Cc1ncccc1-c1ccc2c(c1)NC(=O)C2(C)C. The Hall–Kier alpha value is -6.75. The lowest BCUT2D eigenvalue weighted by Crippen LogP contribution is -2.26. The topological polar surface area (TPSA) is 165 Å². The van der Waals surface area contributed by atoms with E-state index in [9.17, 15) is 14.4 Å². The maximum Gasteiger partial charge on any atom is 0.234 e. The number of carbonyl (C=O) groups is 3. The van der Waals surface area contributed by atoms with E-state index in [0.29, 0.717) is 5.82 Å². The molecule has 0 bridgehead atoms. The molecular formula is C45H44N8O3. The molecule has 5 N–H and O–H groups in total. The summed E-state index contributed by atoms with van der Waals surface area (Å²) < 4.78 is 0. The number of benzene rings is 3. The zero-order chi connectivity index (χ0) is 40.0. The Kier molecular flexibility index (Phi) is 9.49. The number of hydrogen-bond donors (Lipinski definition) is 4. The number of carbonyl (C=O) groups excluding carboxylic acids is 3. The second-order valence-corrected chi connectivity index (χ2v) is 15.8. The molecule has 0 fully saturated rings. The van der Waals surface area contributed by atoms with Gasteiger partial charge in [-0.1, -0.05) is 42.5 Å². The normalized spacial score (nSPS) is 16.1. The van der Waals surface area contributed by atoms with Crippen molar-refractivity contribution in [2.45, 2.75) is 64.7 Å². The lowest BCUT2D eigenvalue weighted by atomic mass is 9.85. The quantitative estimate of drug-likeness (QED) is 0.141. The second-order valence-electron chi connectivity index (χ2n) is 15.8. The zero-order valence-corrected chi connectivity index (χ0v) is 32.5. The summed E-state index contributed by atoms with van der Waals surface area (Å²) in [6, 6.07) is 27.7. The minimum absolute atomic E-state index is 0.0371. The number of pyridine rings is 2. The fourth-order valence-electron chi connectivity index (χ4n) is 7.13. The molecule has 0 radical (unpaired) electrons. The Morgan fingerprint density at radius 2 is 0.964 bits per heavy atom. The fraction of sp³-hybridized carbons (Fsp3) is 0.222. The molecule has 56 heavy (non-hydrogen) atoms. The van der Waals surface area contributed by atoms with Gasteiger partial charge in [-0.05, 0) is 124 Å². The third-order valence-electron chi connectivity index (χ3n) is 10.9. The average molecular weight is 745 g/mol. The van der Waals surface area contributed by atoms with E-state index in [1.54, 1.807) is 30.9 Å². The highest BCUT2D eigenvalue weighted by atomic mass is 16.2. The highest BCUT2D eigenvalue weighted by Crippen LogP contribution is 2.42. The van der Waals surface area contributed by atoms with Crippen LogP contribution in [-0.2, 0) is 30.6 Å². The molecule has 0 saturated carbocycles. The summed E-state index contributed by atoms with van der Waals surface area (Å²) in [5, 5.41) is 16.4. The Bertz CT molecular complexity index is 2510. The molecule has 11 nitrogen and oxygen atoms in total. The first kappa shape index (κ1) is 37.6. The van der Waals surface area contributed by atoms with Crippen LogP contribution in [0.4, 0.5) is 22.9 Å². The molecule has 282 valence electrons. The molecule has 3 aliphatic heterocycles. The summed E-state index contributed by atoms with van der Waals surface area (Å²) in [6.45, 7) is 13.6. The molecule has 6 aromatic rings. The molecule has 6 heterocycles. The number of nitrogen functional groups attached to an aromatic ring is 1. The maximum absolute atomic E-state index is 11.9. The first-order chi connectivity index (χ1) is 26.6. The summed E-state index contributed by atoms with van der Waals surface area (Å²) in [6.07, 6.45) is 6.89. The first-order valence-corrected chi connectivity index (χ1v) is 18.4. The number of nitrogens with one attached hydrogen (secondary N) is 3. The molecule has 0 unspecified atom stereocenters. The van der Waals surface area contributed by atoms with Gasteiger partial charge in [-0.2, -0.15) is 10.2 Å². The average Bonchev–Trinajstić information content (AvgIpc) is 3.66. The number of hydrogen-bond acceptors (Lipinski definition) is 8. The molecule has 11 heteroatoms. The summed E-state index contributed by atoms with van der Waals surface area (Å²) in [7, 11) is 0. The van der Waals surface area contributed by atoms with Crippen LogP contribution in [0.2, 0.25) is 0 Å². The van der Waals surface area contributed by atoms with Gasteiger partial charge in [0.15, 0.2) is 0 Å². The van der Waals surface area contributed by atoms with Crippen LogP contribution in [0.25, 0.3) is 33.4 Å². The van der Waals surface area contributed by atoms with Crippen molar-refractivity contribution in [1.29, 1.82) is 0 Å². The van der Waals surface area contributed by atoms with Crippen molar-refractivity contribution in [2.75, 3.05) is 21.7 Å². The summed E-state index contributed by atoms with van der Waals surface area (Å²) in [4.78, 5) is 44.1. The van der Waals surface area contributed by atoms with Gasteiger partial charge in [0.1, 0.15) is 5.82 Å². The standard InChI is InChI=1S/C16H16N2O.C15H15N3O.C14H13N3O/c1-10-12(5-4-8-17-10)11-6-7-13-14(9-11)18-15(19)16(13,2)3;1-15(2)11-5-3-9(7-12(11)18-14(15)19)10-4-6-13(16)17-8-10;1-14(2)11-4-3-9(7-12(11)17-13(14)18)10-5-6-15-16-8-10/h4-9H,1-3H3,(H,18,19);3-8H,1-2H3,(H2,16,17)(H,18,19);3-8H,1-2H3,(H,17,18). The van der Waals surface area contributed by atoms with E-state index in [1.807, 2.05) is 121 Å². The van der Waals surface area contributed by atoms with Gasteiger partial charge in [0, 0.05) is 51.8 Å². The largest absolute Gasteiger partial charge is 0.384 e. The predicted molar refractivity (Wildman–Crippen MR) is 221 cm³/mol. The Morgan fingerprint density at radius 1 is 0.500 bits per heavy atom. The molecule has 3 aromatic carbocycles. The third-order valence-corrected chi connectivity index (χ3v) is 10.9. The van der Waals surface area contributed by atoms with Gasteiger partial charge < -0.3 is 21.7 Å². The van der Waals surface area contributed by atoms with E-state index in [-0.39, 0.29) is 17.7 Å². The monoisotopic (exact) mass is 744 g/mol. The van der Waals surface area contributed by atoms with Crippen molar-refractivity contribution in [3.63, 3.8) is 0 Å². The molecule has 0 aliphatic carbocycles. The van der Waals surface area contributed by atoms with Crippen LogP contribution in [-0.4, -0.2) is 37.9 Å². The number of rotatable bonds is 3. The Balaban J connectivity index is 0.000000129. The summed E-state index contributed by atoms with van der Waals surface area (Å²) in [5.41, 5.74) is 17.2. The number of amides is 3. The molecule has 9 rings (SSSR count). The minimum Gasteiger partial charge on any atom is -0.384 e. The van der Waals surface area contributed by atoms with Gasteiger partial charge in [0.2, 0.25) is 17.7 Å². The van der Waals surface area contributed by atoms with E-state index in [4.69, 9.17) is 5.73 Å². The number of anilines is 4. The van der Waals surface area contributed by atoms with Crippen molar-refractivity contribution in [3.05, 3.63) is 132 Å². The second kappa shape index (κ2) is 14.2. The van der Waals surface area contributed by atoms with Gasteiger partial charge in [-0.3, -0.25) is 19.4 Å². The van der Waals surface area contributed by atoms with Crippen LogP contribution in [0.3, 0.4) is 0 Å². The smallest absolute Gasteiger partial charge is 0.234 e. The summed E-state index contributed by atoms with van der Waals surface area (Å²) in [5.74, 6) is 0.638. The molecule has 3 aromatic heterocycles. The van der Waals surface area contributed by atoms with E-state index in [0.717, 1.165) is 72.8 Å². The lowest BCUT2D eigenvalue weighted by Gasteiger charge is -2.15. The molecule has 0 saturated heterocycles. The van der Waals surface area contributed by atoms with E-state index < -0.39 is 16.2 Å². The van der Waals surface area contributed by atoms with Crippen molar-refractivity contribution >= 4 is 40.6 Å². The highest BCUT2D eigenvalue weighted by molar-refractivity contribution is 6.07. The highest BCUT2D eigenvalue weighted by Gasteiger charge is 2.40. The third kappa shape index (κ3) is 6.87. The van der Waals surface area contributed by atoms with Crippen molar-refractivity contribution in [3.8, 4) is 33.4 Å². The minimum atomic E-state index is -0.465. The van der Waals surface area contributed by atoms with Crippen LogP contribution < -0.4 is 21.7 Å². The van der Waals surface area contributed by atoms with Crippen LogP contribution in [0.1, 0.15) is 63.9 Å². The van der Waals surface area contributed by atoms with Crippen molar-refractivity contribution < 1.29 is 14.4 Å². The van der Waals surface area contributed by atoms with Gasteiger partial charge in [-0.25, -0.2) is 4.98 Å². The Labute approximate surface area is 326 Å². The van der Waals surface area contributed by atoms with Gasteiger partial charge >= 0.3 is 0 Å². The number of aryl methyl sites for hydroxylation is 1. The van der Waals surface area contributed by atoms with Crippen molar-refractivity contribution in [1.82, 2.24) is 20.2 Å². The van der Waals surface area contributed by atoms with E-state index >= 15 is 0 Å². The molecule has 3 amide bonds. The van der Waals surface area contributed by atoms with Crippen LogP contribution >= 0.6 is 0 Å². The fourth-order valence-corrected chi connectivity index (χ4v) is 7.13. The van der Waals surface area contributed by atoms with Crippen LogP contribution in [0.15, 0.2) is 110 Å². The lowest BCUT2D eigenvalue weighted by molar-refractivity contribution is -0.120. The van der Waals surface area contributed by atoms with Crippen molar-refractivity contribution in [2.24, 2.45) is 0 Å². The van der Waals surface area contributed by atoms with Gasteiger partial charge in [-0.15, -0.1) is 0 Å². The molecular weight excluding hydrogens is 701 g/mol. The predicted octanol–water partition coefficient (Wildman–Crippen LogP) is 8.22. The first-order valence-electron chi connectivity index (χ1n) is 18.4. The van der Waals surface area contributed by atoms with Gasteiger partial charge in [0.05, 0.1) is 28.6 Å². The molecule has 0 spiro atoms. The number of fused-ring (bicyclic) bond motifs is 3. The van der Waals surface area contributed by atoms with Crippen LogP contribution in [0, 0.1) is 6.92 Å². The van der Waals surface area contributed by atoms with E-state index in [2.05, 4.69) is 42.2 Å². The number of nitrogens with zero attached hydrogens (tertiary/aromatic N) is 4. The molecule has 3 aliphatic rings. The van der Waals surface area contributed by atoms with Crippen LogP contribution in [0.5, 0.6) is 0 Å². The number of aromatic nitrogens is 4.